The molecule has 0 unspecified atom stereocenters. The largest absolute Gasteiger partial charge is 0.458 e. The van der Waals surface area contributed by atoms with Gasteiger partial charge in [-0.2, -0.15) is 0 Å². The fourth-order valence-corrected chi connectivity index (χ4v) is 15.2. The first-order chi connectivity index (χ1) is 40.2. The average molecular weight is 1190 g/mol. The van der Waals surface area contributed by atoms with Gasteiger partial charge in [-0.15, -0.1) is 0 Å². The van der Waals surface area contributed by atoms with Crippen LogP contribution in [0.25, 0.3) is 22.3 Å². The van der Waals surface area contributed by atoms with Gasteiger partial charge in [0.15, 0.2) is 0 Å². The van der Waals surface area contributed by atoms with Crippen molar-refractivity contribution < 1.29 is 4.74 Å². The van der Waals surface area contributed by atoms with Crippen molar-refractivity contribution in [3.8, 4) is 33.8 Å². The van der Waals surface area contributed by atoms with Gasteiger partial charge in [-0.05, 0) is 277 Å². The van der Waals surface area contributed by atoms with E-state index in [1.165, 1.54) is 174 Å². The molecule has 10 aromatic rings. The highest BCUT2D eigenvalue weighted by Gasteiger charge is 2.48. The Kier molecular flexibility index (Phi) is 13.4. The maximum Gasteiger partial charge on any atom is 0.256 e. The van der Waals surface area contributed by atoms with Crippen molar-refractivity contribution in [1.29, 1.82) is 0 Å². The fraction of sp³-hybridized carbons (Fsp3) is 0.211. The second kappa shape index (κ2) is 20.8. The lowest BCUT2D eigenvalue weighted by atomic mass is 9.30. The molecule has 10 aromatic carbocycles. The van der Waals surface area contributed by atoms with Crippen LogP contribution >= 0.6 is 22.6 Å². The van der Waals surface area contributed by atoms with E-state index < -0.39 is 0 Å². The zero-order valence-electron chi connectivity index (χ0n) is 49.7. The first-order valence-electron chi connectivity index (χ1n) is 30.2. The Hall–Kier alpha value is -7.74. The highest BCUT2D eigenvalue weighted by Crippen LogP contribution is 2.50. The van der Waals surface area contributed by atoms with Crippen molar-refractivity contribution in [2.24, 2.45) is 0 Å². The van der Waals surface area contributed by atoms with Crippen molar-refractivity contribution in [3.63, 3.8) is 0 Å². The number of unbranched alkanes of at least 4 members (excludes halogenated alkanes) is 2. The fourth-order valence-electron chi connectivity index (χ4n) is 14.9. The number of hydrogen-bond donors (Lipinski definition) is 0. The number of aryl methyl sites for hydroxylation is 10. The van der Waals surface area contributed by atoms with E-state index in [1.807, 2.05) is 0 Å². The molecule has 7 heteroatoms. The Labute approximate surface area is 506 Å². The van der Waals surface area contributed by atoms with Crippen LogP contribution in [0, 0.1) is 59.0 Å². The molecule has 0 aromatic heterocycles. The molecular formula is C76H70B2IN3O. The lowest BCUT2D eigenvalue weighted by Crippen LogP contribution is -2.64. The molecule has 0 aliphatic carbocycles. The van der Waals surface area contributed by atoms with E-state index in [-0.39, 0.29) is 13.4 Å². The molecule has 4 nitrogen and oxygen atoms in total. The number of benzene rings is 10. The van der Waals surface area contributed by atoms with Gasteiger partial charge in [0.2, 0.25) is 0 Å². The highest BCUT2D eigenvalue weighted by atomic mass is 127. The predicted molar refractivity (Wildman–Crippen MR) is 365 cm³/mol. The lowest BCUT2D eigenvalue weighted by molar-refractivity contribution is 0.488. The van der Waals surface area contributed by atoms with Gasteiger partial charge < -0.3 is 19.4 Å². The Bertz CT molecular complexity index is 4230. The van der Waals surface area contributed by atoms with Crippen LogP contribution in [0.5, 0.6) is 11.5 Å². The van der Waals surface area contributed by atoms with Crippen LogP contribution in [0.15, 0.2) is 170 Å². The zero-order valence-corrected chi connectivity index (χ0v) is 51.8. The van der Waals surface area contributed by atoms with Gasteiger partial charge in [0, 0.05) is 60.8 Å². The molecule has 408 valence electrons. The van der Waals surface area contributed by atoms with Crippen molar-refractivity contribution in [1.82, 2.24) is 0 Å². The summed E-state index contributed by atoms with van der Waals surface area (Å²) in [5.74, 6) is 1.81. The molecule has 0 radical (unpaired) electrons. The molecule has 0 fully saturated rings. The molecule has 0 spiro atoms. The van der Waals surface area contributed by atoms with Crippen molar-refractivity contribution in [2.75, 3.05) is 14.7 Å². The summed E-state index contributed by atoms with van der Waals surface area (Å²) in [5, 5.41) is 0. The minimum atomic E-state index is -0.107. The number of rotatable bonds is 11. The second-order valence-corrected chi connectivity index (χ2v) is 25.7. The zero-order chi connectivity index (χ0) is 57.1. The molecular weight excluding hydrogens is 1120 g/mol. The van der Waals surface area contributed by atoms with E-state index >= 15 is 0 Å². The number of halogens is 1. The summed E-state index contributed by atoms with van der Waals surface area (Å²) in [4.78, 5) is 7.68. The lowest BCUT2D eigenvalue weighted by Gasteiger charge is -2.46. The number of anilines is 9. The average Bonchev–Trinajstić information content (AvgIpc) is 0.853. The normalized spacial score (nSPS) is 13.3. The summed E-state index contributed by atoms with van der Waals surface area (Å²) in [6.07, 6.45) is 6.87. The second-order valence-electron chi connectivity index (χ2n) is 24.4. The van der Waals surface area contributed by atoms with E-state index in [0.717, 1.165) is 41.4 Å². The maximum atomic E-state index is 7.72. The Morgan fingerprint density at radius 3 is 1.24 bits per heavy atom. The Morgan fingerprint density at radius 2 is 0.771 bits per heavy atom. The van der Waals surface area contributed by atoms with Gasteiger partial charge in [0.05, 0.1) is 0 Å². The number of hydrogen-bond acceptors (Lipinski definition) is 4. The molecule has 4 aliphatic heterocycles. The third-order valence-corrected chi connectivity index (χ3v) is 19.0. The number of ether oxygens (including phenoxy) is 1. The van der Waals surface area contributed by atoms with Crippen LogP contribution in [0.4, 0.5) is 51.2 Å². The minimum Gasteiger partial charge on any atom is -0.458 e. The molecule has 0 amide bonds. The quantitative estimate of drug-likeness (QED) is 0.0949. The van der Waals surface area contributed by atoms with Gasteiger partial charge in [-0.1, -0.05) is 128 Å². The molecule has 0 atom stereocenters. The van der Waals surface area contributed by atoms with Gasteiger partial charge in [0.1, 0.15) is 11.5 Å². The van der Waals surface area contributed by atoms with Crippen LogP contribution in [-0.2, 0) is 12.8 Å². The first-order valence-corrected chi connectivity index (χ1v) is 31.3. The van der Waals surface area contributed by atoms with Crippen molar-refractivity contribution >= 4 is 120 Å². The van der Waals surface area contributed by atoms with Crippen LogP contribution in [0.3, 0.4) is 0 Å². The van der Waals surface area contributed by atoms with E-state index in [2.05, 4.69) is 276 Å². The van der Waals surface area contributed by atoms with E-state index in [4.69, 9.17) is 4.74 Å². The van der Waals surface area contributed by atoms with E-state index in [1.54, 1.807) is 0 Å². The summed E-state index contributed by atoms with van der Waals surface area (Å²) >= 11 is 2.46. The summed E-state index contributed by atoms with van der Waals surface area (Å²) < 4.78 is 8.92. The van der Waals surface area contributed by atoms with Crippen LogP contribution in [0.2, 0.25) is 0 Å². The third kappa shape index (κ3) is 8.94. The van der Waals surface area contributed by atoms with Crippen molar-refractivity contribution in [2.45, 2.75) is 108 Å². The highest BCUT2D eigenvalue weighted by molar-refractivity contribution is 14.1. The topological polar surface area (TPSA) is 19.0 Å². The standard InChI is InChI=1S/C76H70B2IN3O/c1-11-13-15-53-19-25-58(26-20-53)80-65-31-17-45(3)37-61(65)77-63-43-64-71(44-67(63)82(60-29-23-57(79)24-30-60)69-40-55(39-68(80)75(69)77)73-49(7)33-47(5)34-50(73)8)83-72-42-56(74-51(9)35-48(6)36-52(74)10)41-70-76(72)78(64)62-38-46(4)18-32-66(62)81(70)59-27-21-54(22-28-59)16-14-12-2/h17-44H,11-16H2,1-10H3. The summed E-state index contributed by atoms with van der Waals surface area (Å²) in [6, 6.07) is 66.5. The SMILES string of the molecule is CCCCc1ccc(N2c3ccc(C)cc3B3c4cc5c(cc4Oc4cc(-c6c(C)cc(C)cc6C)cc2c43)N(c2ccc(I)cc2)c2cc(-c3c(C)cc(C)cc3C)cc3c2B5c2cc(C)ccc2N3c2ccc(CCCC)cc2)cc1. The van der Waals surface area contributed by atoms with Crippen molar-refractivity contribution in [3.05, 3.63) is 229 Å². The van der Waals surface area contributed by atoms with Crippen LogP contribution in [0.1, 0.15) is 95.2 Å². The summed E-state index contributed by atoms with van der Waals surface area (Å²) in [6.45, 7) is 22.4. The molecule has 0 saturated heterocycles. The third-order valence-electron chi connectivity index (χ3n) is 18.3. The van der Waals surface area contributed by atoms with Gasteiger partial charge in [0.25, 0.3) is 13.4 Å². The van der Waals surface area contributed by atoms with E-state index in [9.17, 15) is 0 Å². The monoisotopic (exact) mass is 1190 g/mol. The number of fused-ring (bicyclic) bond motifs is 8. The number of nitrogens with zero attached hydrogens (tertiary/aromatic N) is 3. The van der Waals surface area contributed by atoms with Gasteiger partial charge >= 0.3 is 0 Å². The van der Waals surface area contributed by atoms with E-state index in [0.29, 0.717) is 0 Å². The summed E-state index contributed by atoms with van der Waals surface area (Å²) in [5.41, 5.74) is 36.0. The smallest absolute Gasteiger partial charge is 0.256 e. The molecule has 4 heterocycles. The van der Waals surface area contributed by atoms with Crippen LogP contribution in [-0.4, -0.2) is 13.4 Å². The van der Waals surface area contributed by atoms with Gasteiger partial charge in [-0.25, -0.2) is 0 Å². The first kappa shape index (κ1) is 53.3. The molecule has 4 aliphatic rings. The minimum absolute atomic E-state index is 0.0938. The van der Waals surface area contributed by atoms with Gasteiger partial charge in [-0.3, -0.25) is 0 Å². The summed E-state index contributed by atoms with van der Waals surface area (Å²) in [7, 11) is 0. The maximum absolute atomic E-state index is 7.72. The Balaban J connectivity index is 1.06. The van der Waals surface area contributed by atoms with Crippen LogP contribution < -0.4 is 52.2 Å². The molecule has 14 rings (SSSR count). The molecule has 0 saturated carbocycles. The molecule has 83 heavy (non-hydrogen) atoms. The Morgan fingerprint density at radius 1 is 0.361 bits per heavy atom. The predicted octanol–water partition coefficient (Wildman–Crippen LogP) is 17.3. The molecule has 0 bridgehead atoms. The molecule has 0 N–H and O–H groups in total.